The molecule has 9 heavy (non-hydrogen) atoms. The van der Waals surface area contributed by atoms with Gasteiger partial charge in [0.1, 0.15) is 12.2 Å². The Bertz CT molecular complexity index is 156. The fourth-order valence-electron chi connectivity index (χ4n) is 0.827. The van der Waals surface area contributed by atoms with Crippen LogP contribution in [0.3, 0.4) is 0 Å². The van der Waals surface area contributed by atoms with Gasteiger partial charge < -0.3 is 4.74 Å². The summed E-state index contributed by atoms with van der Waals surface area (Å²) in [4.78, 5) is 0. The molecule has 1 rings (SSSR count). The molecule has 2 unspecified atom stereocenters. The monoisotopic (exact) mass is 122 g/mol. The molecular weight excluding hydrogens is 116 g/mol. The molecule has 3 heteroatoms. The minimum absolute atomic E-state index is 0.338. The molecular formula is C6H6N2O. The van der Waals surface area contributed by atoms with Gasteiger partial charge in [-0.3, -0.25) is 0 Å². The van der Waals surface area contributed by atoms with Gasteiger partial charge in [-0.1, -0.05) is 0 Å². The van der Waals surface area contributed by atoms with Crippen LogP contribution in [-0.4, -0.2) is 12.2 Å². The molecule has 46 valence electrons. The van der Waals surface area contributed by atoms with Crippen molar-refractivity contribution in [3.8, 4) is 12.1 Å². The zero-order valence-electron chi connectivity index (χ0n) is 4.87. The van der Waals surface area contributed by atoms with Gasteiger partial charge >= 0.3 is 0 Å². The highest BCUT2D eigenvalue weighted by molar-refractivity contribution is 4.97. The second-order valence-electron chi connectivity index (χ2n) is 1.95. The van der Waals surface area contributed by atoms with Crippen molar-refractivity contribution < 1.29 is 4.74 Å². The molecule has 0 spiro atoms. The summed E-state index contributed by atoms with van der Waals surface area (Å²) in [5, 5.41) is 16.6. The van der Waals surface area contributed by atoms with Gasteiger partial charge in [0.05, 0.1) is 12.1 Å². The van der Waals surface area contributed by atoms with Crippen LogP contribution in [0.4, 0.5) is 0 Å². The van der Waals surface area contributed by atoms with Gasteiger partial charge in [0.2, 0.25) is 0 Å². The molecule has 0 aliphatic carbocycles. The Morgan fingerprint density at radius 1 is 1.11 bits per heavy atom. The number of nitrogens with zero attached hydrogens (tertiary/aromatic N) is 2. The standard InChI is InChI=1S/C6H6N2O/c7-3-5-1-2-6(4-8)9-5/h5-6H,1-2H2. The van der Waals surface area contributed by atoms with E-state index in [-0.39, 0.29) is 12.2 Å². The van der Waals surface area contributed by atoms with E-state index in [0.29, 0.717) is 12.8 Å². The maximum Gasteiger partial charge on any atom is 0.145 e. The molecule has 1 aliphatic rings. The zero-order chi connectivity index (χ0) is 6.69. The quantitative estimate of drug-likeness (QED) is 0.472. The molecule has 0 aromatic carbocycles. The van der Waals surface area contributed by atoms with Gasteiger partial charge in [0.25, 0.3) is 0 Å². The van der Waals surface area contributed by atoms with Gasteiger partial charge in [-0.05, 0) is 12.8 Å². The number of ether oxygens (including phenoxy) is 1. The predicted molar refractivity (Wildman–Crippen MR) is 29.1 cm³/mol. The molecule has 0 amide bonds. The summed E-state index contributed by atoms with van der Waals surface area (Å²) in [6, 6.07) is 3.91. The first-order valence-electron chi connectivity index (χ1n) is 2.81. The highest BCUT2D eigenvalue weighted by Gasteiger charge is 2.23. The number of nitriles is 2. The second-order valence-corrected chi connectivity index (χ2v) is 1.95. The van der Waals surface area contributed by atoms with E-state index >= 15 is 0 Å². The Morgan fingerprint density at radius 2 is 1.56 bits per heavy atom. The fraction of sp³-hybridized carbons (Fsp3) is 0.667. The highest BCUT2D eigenvalue weighted by Crippen LogP contribution is 2.17. The Morgan fingerprint density at radius 3 is 1.78 bits per heavy atom. The van der Waals surface area contributed by atoms with E-state index in [1.807, 2.05) is 12.1 Å². The average Bonchev–Trinajstić information content (AvgIpc) is 2.34. The van der Waals surface area contributed by atoms with E-state index in [0.717, 1.165) is 0 Å². The average molecular weight is 122 g/mol. The Labute approximate surface area is 53.5 Å². The van der Waals surface area contributed by atoms with Crippen molar-refractivity contribution in [2.24, 2.45) is 0 Å². The molecule has 0 aromatic heterocycles. The van der Waals surface area contributed by atoms with Crippen LogP contribution in [0.5, 0.6) is 0 Å². The summed E-state index contributed by atoms with van der Waals surface area (Å²) < 4.78 is 4.94. The van der Waals surface area contributed by atoms with Crippen molar-refractivity contribution in [2.75, 3.05) is 0 Å². The molecule has 1 aliphatic heterocycles. The van der Waals surface area contributed by atoms with E-state index in [1.54, 1.807) is 0 Å². The zero-order valence-corrected chi connectivity index (χ0v) is 4.87. The maximum atomic E-state index is 8.29. The number of hydrogen-bond donors (Lipinski definition) is 0. The smallest absolute Gasteiger partial charge is 0.145 e. The van der Waals surface area contributed by atoms with E-state index in [1.165, 1.54) is 0 Å². The maximum absolute atomic E-state index is 8.29. The van der Waals surface area contributed by atoms with Crippen molar-refractivity contribution in [1.29, 1.82) is 10.5 Å². The minimum Gasteiger partial charge on any atom is -0.345 e. The van der Waals surface area contributed by atoms with Crippen molar-refractivity contribution in [3.63, 3.8) is 0 Å². The van der Waals surface area contributed by atoms with Crippen LogP contribution in [0.15, 0.2) is 0 Å². The topological polar surface area (TPSA) is 56.8 Å². The lowest BCUT2D eigenvalue weighted by Gasteiger charge is -1.96. The van der Waals surface area contributed by atoms with Crippen LogP contribution in [-0.2, 0) is 4.74 Å². The predicted octanol–water partition coefficient (Wildman–Crippen LogP) is 0.581. The lowest BCUT2D eigenvalue weighted by molar-refractivity contribution is 0.109. The summed E-state index contributed by atoms with van der Waals surface area (Å²) >= 11 is 0. The van der Waals surface area contributed by atoms with Gasteiger partial charge in [-0.25, -0.2) is 0 Å². The first kappa shape index (κ1) is 6.07. The molecule has 0 saturated carbocycles. The molecule has 0 radical (unpaired) electrons. The van der Waals surface area contributed by atoms with Crippen LogP contribution in [0.2, 0.25) is 0 Å². The minimum atomic E-state index is -0.338. The van der Waals surface area contributed by atoms with Gasteiger partial charge in [-0.2, -0.15) is 10.5 Å². The van der Waals surface area contributed by atoms with Crippen molar-refractivity contribution in [1.82, 2.24) is 0 Å². The van der Waals surface area contributed by atoms with Crippen molar-refractivity contribution in [3.05, 3.63) is 0 Å². The third-order valence-electron chi connectivity index (χ3n) is 1.31. The normalized spacial score (nSPS) is 33.1. The van der Waals surface area contributed by atoms with Gasteiger partial charge in [0.15, 0.2) is 0 Å². The molecule has 0 bridgehead atoms. The summed E-state index contributed by atoms with van der Waals surface area (Å²) in [6.07, 6.45) is 0.730. The van der Waals surface area contributed by atoms with Crippen LogP contribution in [0.25, 0.3) is 0 Å². The lowest BCUT2D eigenvalue weighted by atomic mass is 10.2. The van der Waals surface area contributed by atoms with Crippen molar-refractivity contribution >= 4 is 0 Å². The van der Waals surface area contributed by atoms with E-state index < -0.39 is 0 Å². The summed E-state index contributed by atoms with van der Waals surface area (Å²) in [5.74, 6) is 0. The van der Waals surface area contributed by atoms with Gasteiger partial charge in [-0.15, -0.1) is 0 Å². The van der Waals surface area contributed by atoms with Crippen LogP contribution < -0.4 is 0 Å². The number of rotatable bonds is 0. The fourth-order valence-corrected chi connectivity index (χ4v) is 0.827. The van der Waals surface area contributed by atoms with Crippen LogP contribution in [0.1, 0.15) is 12.8 Å². The second kappa shape index (κ2) is 2.48. The van der Waals surface area contributed by atoms with E-state index in [4.69, 9.17) is 15.3 Å². The summed E-state index contributed by atoms with van der Waals surface area (Å²) in [7, 11) is 0. The Balaban J connectivity index is 2.42. The third kappa shape index (κ3) is 1.19. The van der Waals surface area contributed by atoms with Gasteiger partial charge in [0, 0.05) is 0 Å². The Kier molecular flexibility index (Phi) is 1.67. The van der Waals surface area contributed by atoms with E-state index in [9.17, 15) is 0 Å². The summed E-state index contributed by atoms with van der Waals surface area (Å²) in [5.41, 5.74) is 0. The molecule has 1 heterocycles. The first-order valence-corrected chi connectivity index (χ1v) is 2.81. The Hall–Kier alpha value is -1.06. The first-order chi connectivity index (χ1) is 4.36. The summed E-state index contributed by atoms with van der Waals surface area (Å²) in [6.45, 7) is 0. The van der Waals surface area contributed by atoms with Crippen LogP contribution >= 0.6 is 0 Å². The molecule has 2 atom stereocenters. The third-order valence-corrected chi connectivity index (χ3v) is 1.31. The molecule has 3 nitrogen and oxygen atoms in total. The lowest BCUT2D eigenvalue weighted by Crippen LogP contribution is -2.05. The number of hydrogen-bond acceptors (Lipinski definition) is 3. The van der Waals surface area contributed by atoms with Crippen molar-refractivity contribution in [2.45, 2.75) is 25.0 Å². The highest BCUT2D eigenvalue weighted by atomic mass is 16.5. The molecule has 0 N–H and O–H groups in total. The molecule has 1 fully saturated rings. The molecule has 0 aromatic rings. The van der Waals surface area contributed by atoms with E-state index in [2.05, 4.69) is 0 Å². The van der Waals surface area contributed by atoms with Crippen LogP contribution in [0, 0.1) is 22.7 Å². The SMILES string of the molecule is N#CC1CCC(C#N)O1. The molecule has 1 saturated heterocycles. The largest absolute Gasteiger partial charge is 0.345 e.